The van der Waals surface area contributed by atoms with Gasteiger partial charge in [-0.05, 0) is 19.8 Å². The van der Waals surface area contributed by atoms with Gasteiger partial charge in [-0.2, -0.15) is 0 Å². The normalized spacial score (nSPS) is 9.69. The van der Waals surface area contributed by atoms with Gasteiger partial charge in [-0.15, -0.1) is 0 Å². The van der Waals surface area contributed by atoms with Gasteiger partial charge in [-0.3, -0.25) is 0 Å². The standard InChI is InChI=1S/C11H20O2/c1-4-6-7-8-9-10(3)11(12)13-5-2/h3-9H2,1-2H3. The number of hydrogen-bond donors (Lipinski definition) is 0. The summed E-state index contributed by atoms with van der Waals surface area (Å²) in [7, 11) is 0. The number of carbonyl (C=O) groups is 1. The van der Waals surface area contributed by atoms with Gasteiger partial charge in [0.1, 0.15) is 0 Å². The molecule has 0 saturated heterocycles. The lowest BCUT2D eigenvalue weighted by molar-refractivity contribution is -0.138. The molecule has 76 valence electrons. The summed E-state index contributed by atoms with van der Waals surface area (Å²) in [4.78, 5) is 11.1. The van der Waals surface area contributed by atoms with Crippen molar-refractivity contribution in [3.63, 3.8) is 0 Å². The van der Waals surface area contributed by atoms with Crippen molar-refractivity contribution in [2.45, 2.75) is 46.0 Å². The fourth-order valence-corrected chi connectivity index (χ4v) is 1.10. The van der Waals surface area contributed by atoms with Crippen molar-refractivity contribution < 1.29 is 9.53 Å². The second-order valence-corrected chi connectivity index (χ2v) is 3.13. The van der Waals surface area contributed by atoms with E-state index in [9.17, 15) is 4.79 Å². The van der Waals surface area contributed by atoms with E-state index in [4.69, 9.17) is 4.74 Å². The average molecular weight is 184 g/mol. The first kappa shape index (κ1) is 12.2. The molecule has 0 fully saturated rings. The van der Waals surface area contributed by atoms with Gasteiger partial charge in [0.05, 0.1) is 6.61 Å². The Labute approximate surface area is 81.0 Å². The van der Waals surface area contributed by atoms with E-state index in [0.717, 1.165) is 12.8 Å². The van der Waals surface area contributed by atoms with Crippen molar-refractivity contribution in [3.8, 4) is 0 Å². The molecule has 0 aliphatic carbocycles. The summed E-state index contributed by atoms with van der Waals surface area (Å²) in [5, 5.41) is 0. The highest BCUT2D eigenvalue weighted by atomic mass is 16.5. The minimum atomic E-state index is -0.237. The zero-order valence-electron chi connectivity index (χ0n) is 8.77. The number of unbranched alkanes of at least 4 members (excludes halogenated alkanes) is 3. The second-order valence-electron chi connectivity index (χ2n) is 3.13. The SMILES string of the molecule is C=C(CCCCCC)C(=O)OCC. The maximum Gasteiger partial charge on any atom is 0.333 e. The molecule has 0 atom stereocenters. The minimum Gasteiger partial charge on any atom is -0.463 e. The predicted molar refractivity (Wildman–Crippen MR) is 54.5 cm³/mol. The molecule has 0 radical (unpaired) electrons. The summed E-state index contributed by atoms with van der Waals surface area (Å²) < 4.78 is 4.82. The third-order valence-electron chi connectivity index (χ3n) is 1.90. The van der Waals surface area contributed by atoms with Crippen LogP contribution in [0.3, 0.4) is 0 Å². The van der Waals surface area contributed by atoms with Crippen LogP contribution in [0.1, 0.15) is 46.0 Å². The summed E-state index contributed by atoms with van der Waals surface area (Å²) in [5.41, 5.74) is 0.609. The molecule has 0 bridgehead atoms. The molecule has 0 spiro atoms. The van der Waals surface area contributed by atoms with Gasteiger partial charge in [0.25, 0.3) is 0 Å². The van der Waals surface area contributed by atoms with Gasteiger partial charge >= 0.3 is 5.97 Å². The molecule has 0 N–H and O–H groups in total. The summed E-state index contributed by atoms with van der Waals surface area (Å²) >= 11 is 0. The molecule has 0 aromatic rings. The molecule has 0 aliphatic rings. The largest absolute Gasteiger partial charge is 0.463 e. The van der Waals surface area contributed by atoms with Crippen molar-refractivity contribution in [2.24, 2.45) is 0 Å². The third kappa shape index (κ3) is 6.38. The number of carbonyl (C=O) groups excluding carboxylic acids is 1. The van der Waals surface area contributed by atoms with E-state index in [1.54, 1.807) is 0 Å². The lowest BCUT2D eigenvalue weighted by atomic mass is 10.1. The molecule has 13 heavy (non-hydrogen) atoms. The van der Waals surface area contributed by atoms with Crippen LogP contribution in [-0.2, 0) is 9.53 Å². The van der Waals surface area contributed by atoms with Crippen LogP contribution in [0.4, 0.5) is 0 Å². The summed E-state index contributed by atoms with van der Waals surface area (Å²) in [5.74, 6) is -0.237. The maximum absolute atomic E-state index is 11.1. The fourth-order valence-electron chi connectivity index (χ4n) is 1.10. The molecular formula is C11H20O2. The van der Waals surface area contributed by atoms with Crippen LogP contribution >= 0.6 is 0 Å². The quantitative estimate of drug-likeness (QED) is 0.345. The zero-order chi connectivity index (χ0) is 10.1. The Morgan fingerprint density at radius 2 is 1.92 bits per heavy atom. The van der Waals surface area contributed by atoms with Crippen LogP contribution in [0.5, 0.6) is 0 Å². The van der Waals surface area contributed by atoms with Gasteiger partial charge in [0.2, 0.25) is 0 Å². The Morgan fingerprint density at radius 3 is 2.46 bits per heavy atom. The summed E-state index contributed by atoms with van der Waals surface area (Å²) in [6, 6.07) is 0. The van der Waals surface area contributed by atoms with Gasteiger partial charge in [-0.1, -0.05) is 32.8 Å². The lowest BCUT2D eigenvalue weighted by Crippen LogP contribution is -2.06. The van der Waals surface area contributed by atoms with Crippen molar-refractivity contribution in [2.75, 3.05) is 6.61 Å². The number of esters is 1. The van der Waals surface area contributed by atoms with E-state index in [2.05, 4.69) is 13.5 Å². The molecule has 2 heteroatoms. The van der Waals surface area contributed by atoms with Crippen LogP contribution in [0.2, 0.25) is 0 Å². The summed E-state index contributed by atoms with van der Waals surface area (Å²) in [6.45, 7) is 8.11. The molecule has 0 aliphatic heterocycles. The van der Waals surface area contributed by atoms with E-state index in [1.807, 2.05) is 6.92 Å². The Morgan fingerprint density at radius 1 is 1.23 bits per heavy atom. The van der Waals surface area contributed by atoms with E-state index in [0.29, 0.717) is 12.2 Å². The highest BCUT2D eigenvalue weighted by molar-refractivity contribution is 5.87. The van der Waals surface area contributed by atoms with Gasteiger partial charge in [0, 0.05) is 5.57 Å². The highest BCUT2D eigenvalue weighted by Crippen LogP contribution is 2.09. The van der Waals surface area contributed by atoms with Crippen molar-refractivity contribution in [1.82, 2.24) is 0 Å². The predicted octanol–water partition coefficient (Wildman–Crippen LogP) is 3.08. The number of hydrogen-bond acceptors (Lipinski definition) is 2. The Kier molecular flexibility index (Phi) is 7.36. The number of ether oxygens (including phenoxy) is 1. The Bertz CT molecular complexity index is 161. The zero-order valence-corrected chi connectivity index (χ0v) is 8.77. The fraction of sp³-hybridized carbons (Fsp3) is 0.727. The molecule has 0 unspecified atom stereocenters. The van der Waals surface area contributed by atoms with Crippen molar-refractivity contribution in [1.29, 1.82) is 0 Å². The van der Waals surface area contributed by atoms with Crippen molar-refractivity contribution in [3.05, 3.63) is 12.2 Å². The van der Waals surface area contributed by atoms with Crippen molar-refractivity contribution >= 4 is 5.97 Å². The molecule has 2 nitrogen and oxygen atoms in total. The van der Waals surface area contributed by atoms with Crippen LogP contribution < -0.4 is 0 Å². The topological polar surface area (TPSA) is 26.3 Å². The van der Waals surface area contributed by atoms with Gasteiger partial charge in [0.15, 0.2) is 0 Å². The van der Waals surface area contributed by atoms with E-state index in [-0.39, 0.29) is 5.97 Å². The van der Waals surface area contributed by atoms with E-state index < -0.39 is 0 Å². The molecule has 0 amide bonds. The molecule has 0 aromatic heterocycles. The molecule has 0 saturated carbocycles. The lowest BCUT2D eigenvalue weighted by Gasteiger charge is -2.04. The first-order valence-corrected chi connectivity index (χ1v) is 5.07. The molecule has 0 aromatic carbocycles. The Hall–Kier alpha value is -0.790. The smallest absolute Gasteiger partial charge is 0.333 e. The van der Waals surface area contributed by atoms with Gasteiger partial charge < -0.3 is 4.74 Å². The first-order chi connectivity index (χ1) is 6.22. The summed E-state index contributed by atoms with van der Waals surface area (Å²) in [6.07, 6.45) is 5.45. The highest BCUT2D eigenvalue weighted by Gasteiger charge is 2.06. The molecular weight excluding hydrogens is 164 g/mol. The van der Waals surface area contributed by atoms with Crippen LogP contribution in [-0.4, -0.2) is 12.6 Å². The molecule has 0 rings (SSSR count). The maximum atomic E-state index is 11.1. The van der Waals surface area contributed by atoms with Gasteiger partial charge in [-0.25, -0.2) is 4.79 Å². The monoisotopic (exact) mass is 184 g/mol. The first-order valence-electron chi connectivity index (χ1n) is 5.07. The number of rotatable bonds is 7. The van der Waals surface area contributed by atoms with E-state index in [1.165, 1.54) is 19.3 Å². The van der Waals surface area contributed by atoms with E-state index >= 15 is 0 Å². The Balaban J connectivity index is 3.44. The van der Waals surface area contributed by atoms with Crippen LogP contribution in [0, 0.1) is 0 Å². The van der Waals surface area contributed by atoms with Crippen LogP contribution in [0.25, 0.3) is 0 Å². The minimum absolute atomic E-state index is 0.237. The molecule has 0 heterocycles. The second kappa shape index (κ2) is 7.84. The third-order valence-corrected chi connectivity index (χ3v) is 1.90. The van der Waals surface area contributed by atoms with Crippen LogP contribution in [0.15, 0.2) is 12.2 Å². The average Bonchev–Trinajstić information content (AvgIpc) is 2.12.